The van der Waals surface area contributed by atoms with Crippen molar-refractivity contribution in [3.63, 3.8) is 0 Å². The van der Waals surface area contributed by atoms with E-state index in [1.165, 1.54) is 34.7 Å². The van der Waals surface area contributed by atoms with Crippen molar-refractivity contribution in [1.82, 2.24) is 4.90 Å². The van der Waals surface area contributed by atoms with Crippen molar-refractivity contribution >= 4 is 46.2 Å². The molecule has 0 bridgehead atoms. The number of rotatable bonds is 7. The molecule has 0 atom stereocenters. The van der Waals surface area contributed by atoms with Gasteiger partial charge in [0.05, 0.1) is 12.8 Å². The molecule has 2 aromatic heterocycles. The minimum Gasteiger partial charge on any atom is -0.481 e. The van der Waals surface area contributed by atoms with E-state index in [0.717, 1.165) is 6.54 Å². The van der Waals surface area contributed by atoms with Crippen LogP contribution in [0.2, 0.25) is 0 Å². The van der Waals surface area contributed by atoms with Gasteiger partial charge in [-0.2, -0.15) is 0 Å². The summed E-state index contributed by atoms with van der Waals surface area (Å²) >= 11 is 3.71. The standard InChI is InChI=1S/C15H17NS2.C6H8O7/c1-16-8-2-5-12(11-16)15(13-6-3-9-17-13)14-7-4-10-18-14;7-3(8)1-6(13,5(11)12)2-4(9)10/h3-4,6-7,9-10H,2,5,8,11H2,1H3;13H,1-2H2,(H,7,8)(H,9,10)(H,11,12). The van der Waals surface area contributed by atoms with Crippen LogP contribution < -0.4 is 0 Å². The van der Waals surface area contributed by atoms with Gasteiger partial charge in [-0.3, -0.25) is 9.59 Å². The van der Waals surface area contributed by atoms with Crippen molar-refractivity contribution in [1.29, 1.82) is 0 Å². The Morgan fingerprint density at radius 2 is 1.52 bits per heavy atom. The SMILES string of the molecule is CN1CCCC(=C(c2cccs2)c2cccs2)C1.O=C(O)CC(O)(CC(=O)O)C(=O)O. The van der Waals surface area contributed by atoms with Gasteiger partial charge in [0.15, 0.2) is 5.60 Å². The first kappa shape index (κ1) is 24.7. The van der Waals surface area contributed by atoms with Crippen molar-refractivity contribution in [3.8, 4) is 0 Å². The maximum absolute atomic E-state index is 10.3. The van der Waals surface area contributed by atoms with Crippen LogP contribution >= 0.6 is 22.7 Å². The number of carboxylic acid groups (broad SMARTS) is 3. The molecule has 0 aromatic carbocycles. The van der Waals surface area contributed by atoms with Gasteiger partial charge < -0.3 is 25.3 Å². The van der Waals surface area contributed by atoms with Crippen molar-refractivity contribution in [2.24, 2.45) is 0 Å². The number of aliphatic hydroxyl groups is 1. The molecule has 10 heteroatoms. The zero-order valence-electron chi connectivity index (χ0n) is 17.0. The number of thiophene rings is 2. The highest BCUT2D eigenvalue weighted by atomic mass is 32.1. The smallest absolute Gasteiger partial charge is 0.336 e. The van der Waals surface area contributed by atoms with Gasteiger partial charge in [-0.15, -0.1) is 22.7 Å². The highest BCUT2D eigenvalue weighted by Gasteiger charge is 2.40. The molecule has 0 aliphatic carbocycles. The van der Waals surface area contributed by atoms with Crippen LogP contribution in [0, 0.1) is 0 Å². The average molecular weight is 468 g/mol. The van der Waals surface area contributed by atoms with Crippen molar-refractivity contribution in [2.75, 3.05) is 20.1 Å². The maximum atomic E-state index is 10.3. The zero-order chi connectivity index (χ0) is 23.0. The number of carboxylic acids is 3. The van der Waals surface area contributed by atoms with E-state index in [1.807, 2.05) is 22.7 Å². The summed E-state index contributed by atoms with van der Waals surface area (Å²) in [4.78, 5) is 35.8. The molecule has 8 nitrogen and oxygen atoms in total. The molecule has 4 N–H and O–H groups in total. The minimum atomic E-state index is -2.74. The van der Waals surface area contributed by atoms with Crippen molar-refractivity contribution < 1.29 is 34.8 Å². The molecule has 3 rings (SSSR count). The number of hydrogen-bond donors (Lipinski definition) is 4. The number of likely N-dealkylation sites (tertiary alicyclic amines) is 1. The van der Waals surface area contributed by atoms with Gasteiger partial charge in [0.25, 0.3) is 0 Å². The van der Waals surface area contributed by atoms with Crippen LogP contribution in [0.15, 0.2) is 40.6 Å². The molecular formula is C21H25NO7S2. The van der Waals surface area contributed by atoms with Gasteiger partial charge in [-0.05, 0) is 54.9 Å². The lowest BCUT2D eigenvalue weighted by atomic mass is 9.96. The normalized spacial score (nSPS) is 14.5. The first-order valence-corrected chi connectivity index (χ1v) is 11.3. The molecular weight excluding hydrogens is 442 g/mol. The first-order valence-electron chi connectivity index (χ1n) is 9.50. The Morgan fingerprint density at radius 1 is 1.00 bits per heavy atom. The Hall–Kier alpha value is -2.53. The maximum Gasteiger partial charge on any atom is 0.336 e. The molecule has 0 amide bonds. The molecule has 1 aliphatic heterocycles. The molecule has 168 valence electrons. The third-order valence-corrected chi connectivity index (χ3v) is 6.43. The van der Waals surface area contributed by atoms with Gasteiger partial charge in [0.1, 0.15) is 0 Å². The summed E-state index contributed by atoms with van der Waals surface area (Å²) < 4.78 is 0. The van der Waals surface area contributed by atoms with E-state index in [4.69, 9.17) is 20.4 Å². The number of aliphatic carboxylic acids is 3. The van der Waals surface area contributed by atoms with Crippen LogP contribution in [0.3, 0.4) is 0 Å². The number of likely N-dealkylation sites (N-methyl/N-ethyl adjacent to an activating group) is 1. The Bertz CT molecular complexity index is 867. The van der Waals surface area contributed by atoms with Crippen LogP contribution in [0.5, 0.6) is 0 Å². The monoisotopic (exact) mass is 467 g/mol. The van der Waals surface area contributed by atoms with E-state index in [-0.39, 0.29) is 0 Å². The molecule has 0 unspecified atom stereocenters. The molecule has 0 saturated carbocycles. The van der Waals surface area contributed by atoms with Crippen LogP contribution in [0.4, 0.5) is 0 Å². The summed E-state index contributed by atoms with van der Waals surface area (Å²) in [6.45, 7) is 2.34. The lowest BCUT2D eigenvalue weighted by Gasteiger charge is -2.26. The van der Waals surface area contributed by atoms with Crippen LogP contribution in [0.1, 0.15) is 35.4 Å². The van der Waals surface area contributed by atoms with Gasteiger partial charge >= 0.3 is 17.9 Å². The van der Waals surface area contributed by atoms with Crippen LogP contribution in [-0.2, 0) is 14.4 Å². The van der Waals surface area contributed by atoms with E-state index in [1.54, 1.807) is 5.57 Å². The molecule has 2 aromatic rings. The molecule has 1 aliphatic rings. The quantitative estimate of drug-likeness (QED) is 0.488. The third-order valence-electron chi connectivity index (χ3n) is 4.65. The van der Waals surface area contributed by atoms with E-state index < -0.39 is 36.4 Å². The summed E-state index contributed by atoms with van der Waals surface area (Å²) in [5, 5.41) is 38.2. The number of piperidine rings is 1. The van der Waals surface area contributed by atoms with Crippen LogP contribution in [0.25, 0.3) is 5.57 Å². The fraction of sp³-hybridized carbons (Fsp3) is 0.381. The highest BCUT2D eigenvalue weighted by molar-refractivity contribution is 7.13. The fourth-order valence-electron chi connectivity index (χ4n) is 3.28. The predicted molar refractivity (Wildman–Crippen MR) is 118 cm³/mol. The number of hydrogen-bond acceptors (Lipinski definition) is 7. The summed E-state index contributed by atoms with van der Waals surface area (Å²) in [7, 11) is 2.22. The molecule has 0 spiro atoms. The Labute approximate surface area is 187 Å². The molecule has 31 heavy (non-hydrogen) atoms. The third kappa shape index (κ3) is 7.28. The topological polar surface area (TPSA) is 135 Å². The van der Waals surface area contributed by atoms with Crippen molar-refractivity contribution in [3.05, 3.63) is 50.4 Å². The predicted octanol–water partition coefficient (Wildman–Crippen LogP) is 3.09. The lowest BCUT2D eigenvalue weighted by Crippen LogP contribution is -2.42. The van der Waals surface area contributed by atoms with E-state index >= 15 is 0 Å². The summed E-state index contributed by atoms with van der Waals surface area (Å²) in [5.41, 5.74) is 0.359. The largest absolute Gasteiger partial charge is 0.481 e. The second-order valence-corrected chi connectivity index (χ2v) is 9.15. The zero-order valence-corrected chi connectivity index (χ0v) is 18.6. The molecule has 3 heterocycles. The second kappa shape index (κ2) is 11.2. The average Bonchev–Trinajstić information content (AvgIpc) is 3.36. The Kier molecular flexibility index (Phi) is 8.93. The van der Waals surface area contributed by atoms with Crippen molar-refractivity contribution in [2.45, 2.75) is 31.3 Å². The number of carbonyl (C=O) groups is 3. The second-order valence-electron chi connectivity index (χ2n) is 7.25. The Balaban J connectivity index is 0.000000235. The van der Waals surface area contributed by atoms with E-state index in [9.17, 15) is 14.4 Å². The van der Waals surface area contributed by atoms with Crippen LogP contribution in [-0.4, -0.2) is 69.0 Å². The van der Waals surface area contributed by atoms with E-state index in [2.05, 4.69) is 47.0 Å². The highest BCUT2D eigenvalue weighted by Crippen LogP contribution is 2.35. The first-order chi connectivity index (χ1) is 14.6. The minimum absolute atomic E-state index is 1.12. The summed E-state index contributed by atoms with van der Waals surface area (Å²) in [6, 6.07) is 8.81. The Morgan fingerprint density at radius 3 is 1.87 bits per heavy atom. The lowest BCUT2D eigenvalue weighted by molar-refractivity contribution is -0.170. The molecule has 1 saturated heterocycles. The van der Waals surface area contributed by atoms with Gasteiger partial charge in [-0.25, -0.2) is 4.79 Å². The van der Waals surface area contributed by atoms with Gasteiger partial charge in [0.2, 0.25) is 0 Å². The van der Waals surface area contributed by atoms with Gasteiger partial charge in [0, 0.05) is 21.9 Å². The molecule has 0 radical (unpaired) electrons. The van der Waals surface area contributed by atoms with E-state index in [0.29, 0.717) is 0 Å². The number of nitrogens with zero attached hydrogens (tertiary/aromatic N) is 1. The van der Waals surface area contributed by atoms with Gasteiger partial charge in [-0.1, -0.05) is 12.1 Å². The summed E-state index contributed by atoms with van der Waals surface area (Å²) in [5.74, 6) is -5.02. The summed E-state index contributed by atoms with van der Waals surface area (Å²) in [6.07, 6.45) is 0.241. The molecule has 1 fully saturated rings. The fourth-order valence-corrected chi connectivity index (χ4v) is 5.01.